The van der Waals surface area contributed by atoms with E-state index >= 15 is 0 Å². The maximum Gasteiger partial charge on any atom is 0.308 e. The van der Waals surface area contributed by atoms with Crippen LogP contribution in [0.15, 0.2) is 16.7 Å². The number of nitrogens with one attached hydrogen (secondary N) is 1. The van der Waals surface area contributed by atoms with Gasteiger partial charge in [-0.3, -0.25) is 10.1 Å². The number of hydrogen-bond donors (Lipinski definition) is 1. The van der Waals surface area contributed by atoms with Gasteiger partial charge in [-0.25, -0.2) is 0 Å². The number of fused-ring (bicyclic) bond motifs is 1. The third-order valence-electron chi connectivity index (χ3n) is 2.23. The molecule has 0 aliphatic heterocycles. The molecule has 16 heavy (non-hydrogen) atoms. The largest absolute Gasteiger partial charge is 0.478 e. The van der Waals surface area contributed by atoms with Gasteiger partial charge in [0.2, 0.25) is 0 Å². The third kappa shape index (κ3) is 1.33. The minimum atomic E-state index is -0.492. The minimum Gasteiger partial charge on any atom is -0.478 e. The van der Waals surface area contributed by atoms with Gasteiger partial charge in [0, 0.05) is 7.05 Å². The van der Waals surface area contributed by atoms with E-state index < -0.39 is 4.92 Å². The second kappa shape index (κ2) is 3.69. The SMILES string of the molecule is CNc1ccc2onc(OC)c2c1[N+](=O)[O-]. The van der Waals surface area contributed by atoms with Crippen molar-refractivity contribution in [2.24, 2.45) is 0 Å². The summed E-state index contributed by atoms with van der Waals surface area (Å²) < 4.78 is 9.84. The van der Waals surface area contributed by atoms with E-state index in [-0.39, 0.29) is 17.0 Å². The van der Waals surface area contributed by atoms with Crippen molar-refractivity contribution >= 4 is 22.3 Å². The summed E-state index contributed by atoms with van der Waals surface area (Å²) in [7, 11) is 2.99. The summed E-state index contributed by atoms with van der Waals surface area (Å²) in [6, 6.07) is 3.16. The number of rotatable bonds is 3. The van der Waals surface area contributed by atoms with Crippen molar-refractivity contribution in [1.29, 1.82) is 0 Å². The lowest BCUT2D eigenvalue weighted by atomic mass is 10.2. The Morgan fingerprint density at radius 3 is 2.88 bits per heavy atom. The normalized spacial score (nSPS) is 10.4. The van der Waals surface area contributed by atoms with E-state index in [0.29, 0.717) is 11.3 Å². The Hall–Kier alpha value is -2.31. The number of nitrogens with zero attached hydrogens (tertiary/aromatic N) is 2. The van der Waals surface area contributed by atoms with E-state index in [1.807, 2.05) is 0 Å². The monoisotopic (exact) mass is 223 g/mol. The summed E-state index contributed by atoms with van der Waals surface area (Å²) in [4.78, 5) is 10.5. The summed E-state index contributed by atoms with van der Waals surface area (Å²) in [5.41, 5.74) is 0.611. The number of anilines is 1. The van der Waals surface area contributed by atoms with Gasteiger partial charge in [0.25, 0.3) is 5.88 Å². The van der Waals surface area contributed by atoms with Crippen molar-refractivity contribution < 1.29 is 14.2 Å². The average Bonchev–Trinajstić information content (AvgIpc) is 2.69. The highest BCUT2D eigenvalue weighted by atomic mass is 16.6. The van der Waals surface area contributed by atoms with Crippen molar-refractivity contribution in [3.8, 4) is 5.88 Å². The van der Waals surface area contributed by atoms with E-state index in [0.717, 1.165) is 0 Å². The molecule has 7 nitrogen and oxygen atoms in total. The molecule has 7 heteroatoms. The maximum absolute atomic E-state index is 11.0. The average molecular weight is 223 g/mol. The zero-order valence-electron chi connectivity index (χ0n) is 8.68. The molecule has 2 rings (SSSR count). The first-order valence-electron chi connectivity index (χ1n) is 4.47. The van der Waals surface area contributed by atoms with Gasteiger partial charge in [-0.15, -0.1) is 0 Å². The van der Waals surface area contributed by atoms with Gasteiger partial charge < -0.3 is 14.6 Å². The van der Waals surface area contributed by atoms with Crippen LogP contribution in [-0.4, -0.2) is 24.2 Å². The molecular formula is C9H9N3O4. The molecule has 0 amide bonds. The zero-order chi connectivity index (χ0) is 11.7. The first kappa shape index (κ1) is 10.2. The van der Waals surface area contributed by atoms with Gasteiger partial charge in [0.15, 0.2) is 11.0 Å². The molecule has 1 N–H and O–H groups in total. The Kier molecular flexibility index (Phi) is 2.35. The van der Waals surface area contributed by atoms with Gasteiger partial charge in [-0.05, 0) is 17.3 Å². The predicted octanol–water partition coefficient (Wildman–Crippen LogP) is 1.79. The summed E-state index contributed by atoms with van der Waals surface area (Å²) in [6.45, 7) is 0. The van der Waals surface area contributed by atoms with Crippen molar-refractivity contribution in [2.75, 3.05) is 19.5 Å². The first-order valence-corrected chi connectivity index (χ1v) is 4.47. The molecule has 0 atom stereocenters. The Labute approximate surface area is 90.1 Å². The number of benzene rings is 1. The molecule has 0 saturated carbocycles. The molecule has 0 saturated heterocycles. The maximum atomic E-state index is 11.0. The number of nitro benzene ring substituents is 1. The van der Waals surface area contributed by atoms with Crippen LogP contribution in [-0.2, 0) is 0 Å². The Morgan fingerprint density at radius 1 is 1.56 bits per heavy atom. The van der Waals surface area contributed by atoms with Crippen LogP contribution in [0.3, 0.4) is 0 Å². The number of methoxy groups -OCH3 is 1. The van der Waals surface area contributed by atoms with Crippen LogP contribution in [0.5, 0.6) is 5.88 Å². The van der Waals surface area contributed by atoms with Gasteiger partial charge >= 0.3 is 5.69 Å². The fourth-order valence-electron chi connectivity index (χ4n) is 1.52. The van der Waals surface area contributed by atoms with Gasteiger partial charge in [0.05, 0.1) is 12.0 Å². The molecule has 84 valence electrons. The Morgan fingerprint density at radius 2 is 2.31 bits per heavy atom. The first-order chi connectivity index (χ1) is 7.69. The molecule has 1 aromatic heterocycles. The second-order valence-corrected chi connectivity index (χ2v) is 3.03. The lowest BCUT2D eigenvalue weighted by Crippen LogP contribution is -1.97. The molecular weight excluding hydrogens is 214 g/mol. The quantitative estimate of drug-likeness (QED) is 0.630. The molecule has 0 unspecified atom stereocenters. The van der Waals surface area contributed by atoms with Crippen LogP contribution in [0.4, 0.5) is 11.4 Å². The van der Waals surface area contributed by atoms with Gasteiger partial charge in [-0.2, -0.15) is 0 Å². The zero-order valence-corrected chi connectivity index (χ0v) is 8.68. The van der Waals surface area contributed by atoms with Crippen molar-refractivity contribution in [3.63, 3.8) is 0 Å². The van der Waals surface area contributed by atoms with E-state index in [2.05, 4.69) is 10.5 Å². The predicted molar refractivity (Wildman–Crippen MR) is 56.8 cm³/mol. The van der Waals surface area contributed by atoms with Crippen LogP contribution in [0.2, 0.25) is 0 Å². The molecule has 0 spiro atoms. The van der Waals surface area contributed by atoms with E-state index in [1.54, 1.807) is 19.2 Å². The molecule has 0 fully saturated rings. The molecule has 0 aliphatic carbocycles. The van der Waals surface area contributed by atoms with Crippen molar-refractivity contribution in [2.45, 2.75) is 0 Å². The Bertz CT molecular complexity index is 549. The van der Waals surface area contributed by atoms with Crippen LogP contribution in [0, 0.1) is 10.1 Å². The number of ether oxygens (including phenoxy) is 1. The van der Waals surface area contributed by atoms with Crippen LogP contribution in [0.1, 0.15) is 0 Å². The van der Waals surface area contributed by atoms with Crippen molar-refractivity contribution in [1.82, 2.24) is 5.16 Å². The fraction of sp³-hybridized carbons (Fsp3) is 0.222. The molecule has 2 aromatic rings. The summed E-state index contributed by atoms with van der Waals surface area (Å²) in [5.74, 6) is 0.110. The molecule has 1 aromatic carbocycles. The highest BCUT2D eigenvalue weighted by Crippen LogP contribution is 2.38. The highest BCUT2D eigenvalue weighted by Gasteiger charge is 2.25. The summed E-state index contributed by atoms with van der Waals surface area (Å²) in [5, 5.41) is 17.6. The summed E-state index contributed by atoms with van der Waals surface area (Å²) in [6.07, 6.45) is 0. The summed E-state index contributed by atoms with van der Waals surface area (Å²) >= 11 is 0. The van der Waals surface area contributed by atoms with Gasteiger partial charge in [-0.1, -0.05) is 0 Å². The van der Waals surface area contributed by atoms with E-state index in [9.17, 15) is 10.1 Å². The molecule has 1 heterocycles. The minimum absolute atomic E-state index is 0.0990. The Balaban J connectivity index is 2.85. The highest BCUT2D eigenvalue weighted by molar-refractivity contribution is 5.97. The number of nitro groups is 1. The molecule has 0 aliphatic rings. The molecule has 0 bridgehead atoms. The van der Waals surface area contributed by atoms with Crippen molar-refractivity contribution in [3.05, 3.63) is 22.2 Å². The topological polar surface area (TPSA) is 90.4 Å². The third-order valence-corrected chi connectivity index (χ3v) is 2.23. The number of aromatic nitrogens is 1. The standard InChI is InChI=1S/C9H9N3O4/c1-10-5-3-4-6-7(8(5)12(13)14)9(15-2)11-16-6/h3-4,10H,1-2H3. The fourth-order valence-corrected chi connectivity index (χ4v) is 1.52. The van der Waals surface area contributed by atoms with Crippen LogP contribution >= 0.6 is 0 Å². The number of hydrogen-bond acceptors (Lipinski definition) is 6. The smallest absolute Gasteiger partial charge is 0.308 e. The molecule has 0 radical (unpaired) electrons. The lowest BCUT2D eigenvalue weighted by Gasteiger charge is -2.02. The van der Waals surface area contributed by atoms with Crippen LogP contribution < -0.4 is 10.1 Å². The van der Waals surface area contributed by atoms with Gasteiger partial charge in [0.1, 0.15) is 5.69 Å². The van der Waals surface area contributed by atoms with E-state index in [1.165, 1.54) is 7.11 Å². The van der Waals surface area contributed by atoms with Crippen LogP contribution in [0.25, 0.3) is 11.0 Å². The second-order valence-electron chi connectivity index (χ2n) is 3.03. The van der Waals surface area contributed by atoms with E-state index in [4.69, 9.17) is 9.26 Å². The lowest BCUT2D eigenvalue weighted by molar-refractivity contribution is -0.382.